The van der Waals surface area contributed by atoms with Gasteiger partial charge in [-0.1, -0.05) is 24.3 Å². The molecular formula is C24H24N2O. The predicted molar refractivity (Wildman–Crippen MR) is 111 cm³/mol. The maximum atomic E-state index is 6.93. The molecule has 0 amide bonds. The fourth-order valence-electron chi connectivity index (χ4n) is 4.87. The monoisotopic (exact) mass is 356 g/mol. The first-order valence-electron chi connectivity index (χ1n) is 9.63. The van der Waals surface area contributed by atoms with Crippen LogP contribution in [0.4, 0.5) is 5.69 Å². The number of benzene rings is 2. The first kappa shape index (κ1) is 16.4. The molecule has 2 aromatic carbocycles. The standard InChI is InChI=1S/C24H24N2O/c1-5-26-20-11-7-6-10-19(20)23(3,4)24(26)13-12-17-15-16(2)18-9-8-14-25-21(18)22(17)27-24/h6-15H,5H2,1-4H3. The third-order valence-electron chi connectivity index (χ3n) is 6.31. The van der Waals surface area contributed by atoms with Gasteiger partial charge in [0.15, 0.2) is 5.75 Å². The van der Waals surface area contributed by atoms with Gasteiger partial charge in [-0.2, -0.15) is 0 Å². The number of aryl methyl sites for hydroxylation is 1. The summed E-state index contributed by atoms with van der Waals surface area (Å²) in [4.78, 5) is 7.07. The van der Waals surface area contributed by atoms with Crippen molar-refractivity contribution in [1.82, 2.24) is 4.98 Å². The van der Waals surface area contributed by atoms with E-state index < -0.39 is 5.72 Å². The largest absolute Gasteiger partial charge is 0.460 e. The molecule has 0 radical (unpaired) electrons. The Morgan fingerprint density at radius 2 is 1.93 bits per heavy atom. The molecule has 0 saturated carbocycles. The Bertz CT molecular complexity index is 1100. The number of para-hydroxylation sites is 1. The van der Waals surface area contributed by atoms with Gasteiger partial charge in [-0.15, -0.1) is 0 Å². The van der Waals surface area contributed by atoms with E-state index in [1.54, 1.807) is 0 Å². The zero-order valence-electron chi connectivity index (χ0n) is 16.3. The average molecular weight is 356 g/mol. The van der Waals surface area contributed by atoms with Gasteiger partial charge in [-0.3, -0.25) is 4.98 Å². The van der Waals surface area contributed by atoms with Crippen molar-refractivity contribution in [3.05, 3.63) is 71.4 Å². The summed E-state index contributed by atoms with van der Waals surface area (Å²) in [7, 11) is 0. The van der Waals surface area contributed by atoms with Gasteiger partial charge in [0.1, 0.15) is 5.52 Å². The zero-order valence-corrected chi connectivity index (χ0v) is 16.3. The van der Waals surface area contributed by atoms with Crippen LogP contribution in [0.5, 0.6) is 5.75 Å². The van der Waals surface area contributed by atoms with Gasteiger partial charge in [0.25, 0.3) is 0 Å². The molecule has 0 bridgehead atoms. The Kier molecular flexibility index (Phi) is 3.24. The van der Waals surface area contributed by atoms with Crippen molar-refractivity contribution in [2.24, 2.45) is 0 Å². The van der Waals surface area contributed by atoms with E-state index in [0.717, 1.165) is 28.8 Å². The predicted octanol–water partition coefficient (Wildman–Crippen LogP) is 5.46. The molecule has 3 heterocycles. The fraction of sp³-hybridized carbons (Fsp3) is 0.292. The van der Waals surface area contributed by atoms with Crippen molar-refractivity contribution in [2.45, 2.75) is 38.8 Å². The zero-order chi connectivity index (χ0) is 18.8. The van der Waals surface area contributed by atoms with Crippen LogP contribution in [0.15, 0.2) is 54.7 Å². The number of fused-ring (bicyclic) bond motifs is 4. The maximum absolute atomic E-state index is 6.93. The van der Waals surface area contributed by atoms with Crippen LogP contribution >= 0.6 is 0 Å². The van der Waals surface area contributed by atoms with E-state index in [4.69, 9.17) is 4.74 Å². The molecule has 1 unspecified atom stereocenters. The molecule has 0 N–H and O–H groups in total. The molecule has 136 valence electrons. The van der Waals surface area contributed by atoms with E-state index in [0.29, 0.717) is 0 Å². The van der Waals surface area contributed by atoms with Gasteiger partial charge in [-0.25, -0.2) is 0 Å². The fourth-order valence-corrected chi connectivity index (χ4v) is 4.87. The minimum atomic E-state index is -0.557. The maximum Gasteiger partial charge on any atom is 0.212 e. The highest BCUT2D eigenvalue weighted by molar-refractivity contribution is 5.92. The average Bonchev–Trinajstić information content (AvgIpc) is 2.86. The lowest BCUT2D eigenvalue weighted by molar-refractivity contribution is 0.0559. The molecule has 0 fully saturated rings. The second-order valence-corrected chi connectivity index (χ2v) is 8.03. The van der Waals surface area contributed by atoms with Gasteiger partial charge in [0, 0.05) is 29.4 Å². The number of nitrogens with zero attached hydrogens (tertiary/aromatic N) is 2. The number of hydrogen-bond acceptors (Lipinski definition) is 3. The highest BCUT2D eigenvalue weighted by Crippen LogP contribution is 2.55. The lowest BCUT2D eigenvalue weighted by Crippen LogP contribution is -2.59. The molecule has 0 aliphatic carbocycles. The molecular weight excluding hydrogens is 332 g/mol. The summed E-state index contributed by atoms with van der Waals surface area (Å²) in [6.07, 6.45) is 6.31. The van der Waals surface area contributed by atoms with Gasteiger partial charge in [0.05, 0.1) is 5.41 Å². The first-order chi connectivity index (χ1) is 13.0. The minimum Gasteiger partial charge on any atom is -0.460 e. The van der Waals surface area contributed by atoms with Crippen LogP contribution in [0.1, 0.15) is 37.5 Å². The Morgan fingerprint density at radius 1 is 1.11 bits per heavy atom. The molecule has 1 atom stereocenters. The van der Waals surface area contributed by atoms with Gasteiger partial charge in [-0.05, 0) is 69.2 Å². The van der Waals surface area contributed by atoms with Crippen LogP contribution in [0.2, 0.25) is 0 Å². The van der Waals surface area contributed by atoms with Crippen LogP contribution in [-0.2, 0) is 5.41 Å². The molecule has 3 aromatic rings. The number of aromatic nitrogens is 1. The van der Waals surface area contributed by atoms with E-state index in [1.165, 1.54) is 16.8 Å². The smallest absolute Gasteiger partial charge is 0.212 e. The molecule has 1 aromatic heterocycles. The Morgan fingerprint density at radius 3 is 2.74 bits per heavy atom. The van der Waals surface area contributed by atoms with Crippen molar-refractivity contribution in [3.8, 4) is 5.75 Å². The third-order valence-corrected chi connectivity index (χ3v) is 6.31. The molecule has 2 aliphatic rings. The van der Waals surface area contributed by atoms with Crippen LogP contribution in [0.3, 0.4) is 0 Å². The summed E-state index contributed by atoms with van der Waals surface area (Å²) in [5.41, 5.74) is 5.10. The van der Waals surface area contributed by atoms with Crippen molar-refractivity contribution in [3.63, 3.8) is 0 Å². The Labute approximate surface area is 160 Å². The molecule has 3 nitrogen and oxygen atoms in total. The van der Waals surface area contributed by atoms with E-state index in [1.807, 2.05) is 12.3 Å². The highest BCUT2D eigenvalue weighted by Gasteiger charge is 2.58. The number of anilines is 1. The van der Waals surface area contributed by atoms with Crippen LogP contribution in [0, 0.1) is 6.92 Å². The second-order valence-electron chi connectivity index (χ2n) is 8.03. The summed E-state index contributed by atoms with van der Waals surface area (Å²) < 4.78 is 6.93. The number of pyridine rings is 1. The summed E-state index contributed by atoms with van der Waals surface area (Å²) in [5.74, 6) is 0.887. The quantitative estimate of drug-likeness (QED) is 0.579. The lowest BCUT2D eigenvalue weighted by atomic mass is 9.76. The Balaban J connectivity index is 1.77. The van der Waals surface area contributed by atoms with E-state index in [9.17, 15) is 0 Å². The van der Waals surface area contributed by atoms with Crippen LogP contribution in [-0.4, -0.2) is 17.3 Å². The van der Waals surface area contributed by atoms with Crippen molar-refractivity contribution in [1.29, 1.82) is 0 Å². The number of ether oxygens (including phenoxy) is 1. The molecule has 1 spiro atoms. The molecule has 3 heteroatoms. The topological polar surface area (TPSA) is 25.4 Å². The number of hydrogen-bond donors (Lipinski definition) is 0. The van der Waals surface area contributed by atoms with E-state index >= 15 is 0 Å². The van der Waals surface area contributed by atoms with Crippen LogP contribution < -0.4 is 9.64 Å². The van der Waals surface area contributed by atoms with E-state index in [-0.39, 0.29) is 5.41 Å². The number of likely N-dealkylation sites (N-methyl/N-ethyl adjacent to an activating group) is 1. The summed E-state index contributed by atoms with van der Waals surface area (Å²) in [6, 6.07) is 15.0. The number of rotatable bonds is 1. The van der Waals surface area contributed by atoms with Gasteiger partial charge >= 0.3 is 0 Å². The third kappa shape index (κ3) is 1.94. The van der Waals surface area contributed by atoms with Crippen molar-refractivity contribution < 1.29 is 4.74 Å². The minimum absolute atomic E-state index is 0.195. The molecule has 2 aliphatic heterocycles. The summed E-state index contributed by atoms with van der Waals surface area (Å²) in [6.45, 7) is 9.76. The molecule has 5 rings (SSSR count). The van der Waals surface area contributed by atoms with Crippen molar-refractivity contribution in [2.75, 3.05) is 11.4 Å². The summed E-state index contributed by atoms with van der Waals surface area (Å²) >= 11 is 0. The Hall–Kier alpha value is -2.81. The summed E-state index contributed by atoms with van der Waals surface area (Å²) in [5, 5.41) is 1.15. The van der Waals surface area contributed by atoms with Crippen molar-refractivity contribution >= 4 is 22.7 Å². The second kappa shape index (κ2) is 5.35. The van der Waals surface area contributed by atoms with Gasteiger partial charge in [0.2, 0.25) is 5.72 Å². The first-order valence-corrected chi connectivity index (χ1v) is 9.63. The normalized spacial score (nSPS) is 22.0. The van der Waals surface area contributed by atoms with E-state index in [2.05, 4.69) is 86.1 Å². The molecule has 27 heavy (non-hydrogen) atoms. The van der Waals surface area contributed by atoms with Crippen LogP contribution in [0.25, 0.3) is 17.0 Å². The lowest BCUT2D eigenvalue weighted by Gasteiger charge is -2.47. The molecule has 0 saturated heterocycles. The highest BCUT2D eigenvalue weighted by atomic mass is 16.5. The SMILES string of the molecule is CCN1c2ccccc2C(C)(C)C12C=Cc1cc(C)c3cccnc3c1O2. The van der Waals surface area contributed by atoms with Gasteiger partial charge < -0.3 is 9.64 Å².